The second-order valence-corrected chi connectivity index (χ2v) is 5.91. The minimum Gasteiger partial charge on any atom is -0.465 e. The Labute approximate surface area is 136 Å². The van der Waals surface area contributed by atoms with Crippen molar-refractivity contribution in [2.45, 2.75) is 32.9 Å². The molecule has 0 radical (unpaired) electrons. The smallest absolute Gasteiger partial charge is 0.408 e. The Hall–Kier alpha value is -2.15. The maximum absolute atomic E-state index is 12.5. The van der Waals surface area contributed by atoms with E-state index < -0.39 is 24.6 Å². The zero-order chi connectivity index (χ0) is 17.4. The van der Waals surface area contributed by atoms with Crippen LogP contribution < -0.4 is 0 Å². The van der Waals surface area contributed by atoms with E-state index >= 15 is 0 Å². The molecular weight excluding hydrogens is 298 g/mol. The molecule has 2 amide bonds. The summed E-state index contributed by atoms with van der Waals surface area (Å²) in [5.41, 5.74) is 0.707. The highest BCUT2D eigenvalue weighted by Crippen LogP contribution is 2.11. The molecule has 7 nitrogen and oxygen atoms in total. The quantitative estimate of drug-likeness (QED) is 0.755. The molecule has 0 unspecified atom stereocenters. The lowest BCUT2D eigenvalue weighted by Gasteiger charge is -2.30. The monoisotopic (exact) mass is 323 g/mol. The lowest BCUT2D eigenvalue weighted by atomic mass is 10.1. The zero-order valence-corrected chi connectivity index (χ0v) is 13.8. The summed E-state index contributed by atoms with van der Waals surface area (Å²) in [6.07, 6.45) is 2.68. The van der Waals surface area contributed by atoms with Gasteiger partial charge >= 0.3 is 6.09 Å². The number of carbonyl (C=O) groups excluding carboxylic acids is 1. The average Bonchev–Trinajstić information content (AvgIpc) is 2.52. The third-order valence-electron chi connectivity index (χ3n) is 3.60. The van der Waals surface area contributed by atoms with Gasteiger partial charge in [-0.3, -0.25) is 14.7 Å². The molecule has 0 aliphatic rings. The predicted molar refractivity (Wildman–Crippen MR) is 85.8 cm³/mol. The summed E-state index contributed by atoms with van der Waals surface area (Å²) in [6.45, 7) is 4.09. The third-order valence-corrected chi connectivity index (χ3v) is 3.60. The van der Waals surface area contributed by atoms with E-state index in [4.69, 9.17) is 0 Å². The fourth-order valence-electron chi connectivity index (χ4n) is 2.12. The molecule has 1 aromatic rings. The molecule has 2 N–H and O–H groups in total. The van der Waals surface area contributed by atoms with Gasteiger partial charge in [-0.1, -0.05) is 13.8 Å². The van der Waals surface area contributed by atoms with Gasteiger partial charge in [0.25, 0.3) is 0 Å². The van der Waals surface area contributed by atoms with Gasteiger partial charge in [0.1, 0.15) is 6.04 Å². The molecule has 0 spiro atoms. The van der Waals surface area contributed by atoms with Crippen molar-refractivity contribution in [3.05, 3.63) is 30.1 Å². The Morgan fingerprint density at radius 1 is 1.26 bits per heavy atom. The topological polar surface area (TPSA) is 94.0 Å². The van der Waals surface area contributed by atoms with Gasteiger partial charge in [0.15, 0.2) is 0 Å². The largest absolute Gasteiger partial charge is 0.465 e. The summed E-state index contributed by atoms with van der Waals surface area (Å²) < 4.78 is 0. The van der Waals surface area contributed by atoms with E-state index in [-0.39, 0.29) is 6.54 Å². The number of hydrogen-bond acceptors (Lipinski definition) is 4. The first-order valence-corrected chi connectivity index (χ1v) is 7.61. The van der Waals surface area contributed by atoms with Crippen LogP contribution in [0.15, 0.2) is 24.5 Å². The molecule has 1 rings (SSSR count). The van der Waals surface area contributed by atoms with Gasteiger partial charge in [-0.15, -0.1) is 0 Å². The highest BCUT2D eigenvalue weighted by atomic mass is 16.4. The van der Waals surface area contributed by atoms with Crippen molar-refractivity contribution < 1.29 is 19.8 Å². The van der Waals surface area contributed by atoms with E-state index in [9.17, 15) is 19.8 Å². The summed E-state index contributed by atoms with van der Waals surface area (Å²) in [4.78, 5) is 30.3. The first kappa shape index (κ1) is 18.9. The summed E-state index contributed by atoms with van der Waals surface area (Å²) in [6, 6.07) is 2.24. The zero-order valence-electron chi connectivity index (χ0n) is 13.8. The van der Waals surface area contributed by atoms with E-state index in [1.54, 1.807) is 31.6 Å². The second-order valence-electron chi connectivity index (χ2n) is 5.91. The molecule has 0 bridgehead atoms. The van der Waals surface area contributed by atoms with Crippen LogP contribution in [-0.2, 0) is 11.3 Å². The molecule has 1 heterocycles. The standard InChI is InChI=1S/C16H25N3O4/c1-12(2)6-9-18(3)15(21)14(11-20)19(16(22)23)10-13-4-7-17-8-5-13/h4-5,7-8,12,14,20H,6,9-11H2,1-3H3,(H,22,23)/t14-/m0/s1. The maximum atomic E-state index is 12.5. The number of likely N-dealkylation sites (N-methyl/N-ethyl adjacent to an activating group) is 1. The number of aliphatic hydroxyl groups is 1. The molecule has 1 aromatic heterocycles. The van der Waals surface area contributed by atoms with Crippen LogP contribution in [0.3, 0.4) is 0 Å². The molecule has 1 atom stereocenters. The maximum Gasteiger partial charge on any atom is 0.408 e. The molecule has 7 heteroatoms. The number of aliphatic hydroxyl groups excluding tert-OH is 1. The first-order chi connectivity index (χ1) is 10.9. The number of carboxylic acid groups (broad SMARTS) is 1. The Morgan fingerprint density at radius 2 is 1.87 bits per heavy atom. The highest BCUT2D eigenvalue weighted by molar-refractivity contribution is 5.85. The van der Waals surface area contributed by atoms with Crippen molar-refractivity contribution in [3.8, 4) is 0 Å². The van der Waals surface area contributed by atoms with Crippen LogP contribution in [0.4, 0.5) is 4.79 Å². The highest BCUT2D eigenvalue weighted by Gasteiger charge is 2.31. The Bertz CT molecular complexity index is 507. The van der Waals surface area contributed by atoms with Crippen LogP contribution in [0.25, 0.3) is 0 Å². The molecular formula is C16H25N3O4. The van der Waals surface area contributed by atoms with Gasteiger partial charge in [-0.2, -0.15) is 0 Å². The molecule has 0 aliphatic carbocycles. The van der Waals surface area contributed by atoms with E-state index in [0.29, 0.717) is 18.0 Å². The number of hydrogen-bond donors (Lipinski definition) is 2. The van der Waals surface area contributed by atoms with Crippen LogP contribution in [-0.4, -0.2) is 63.2 Å². The van der Waals surface area contributed by atoms with E-state index in [1.807, 2.05) is 0 Å². The number of pyridine rings is 1. The summed E-state index contributed by atoms with van der Waals surface area (Å²) in [7, 11) is 1.62. The molecule has 0 saturated carbocycles. The molecule has 128 valence electrons. The fraction of sp³-hybridized carbons (Fsp3) is 0.562. The normalized spacial score (nSPS) is 12.0. The molecule has 0 aliphatic heterocycles. The van der Waals surface area contributed by atoms with Crippen LogP contribution in [0.2, 0.25) is 0 Å². The lowest BCUT2D eigenvalue weighted by molar-refractivity contribution is -0.136. The summed E-state index contributed by atoms with van der Waals surface area (Å²) in [5.74, 6) is 0.0369. The lowest BCUT2D eigenvalue weighted by Crippen LogP contribution is -2.51. The molecule has 0 fully saturated rings. The van der Waals surface area contributed by atoms with Crippen molar-refractivity contribution in [1.29, 1.82) is 0 Å². The Kier molecular flexibility index (Phi) is 7.47. The fourth-order valence-corrected chi connectivity index (χ4v) is 2.12. The van der Waals surface area contributed by atoms with Crippen molar-refractivity contribution in [1.82, 2.24) is 14.8 Å². The van der Waals surface area contributed by atoms with Gasteiger partial charge in [0.2, 0.25) is 5.91 Å². The average molecular weight is 323 g/mol. The van der Waals surface area contributed by atoms with Crippen molar-refractivity contribution in [2.24, 2.45) is 5.92 Å². The van der Waals surface area contributed by atoms with Crippen molar-refractivity contribution in [2.75, 3.05) is 20.2 Å². The number of nitrogens with zero attached hydrogens (tertiary/aromatic N) is 3. The SMILES string of the molecule is CC(C)CCN(C)C(=O)[C@H](CO)N(Cc1ccncc1)C(=O)O. The van der Waals surface area contributed by atoms with Gasteiger partial charge in [-0.25, -0.2) is 4.79 Å². The third kappa shape index (κ3) is 5.86. The van der Waals surface area contributed by atoms with Crippen LogP contribution >= 0.6 is 0 Å². The van der Waals surface area contributed by atoms with Gasteiger partial charge in [0, 0.05) is 26.0 Å². The Morgan fingerprint density at radius 3 is 2.35 bits per heavy atom. The minimum absolute atomic E-state index is 0.0207. The van der Waals surface area contributed by atoms with Gasteiger partial charge in [0.05, 0.1) is 13.2 Å². The predicted octanol–water partition coefficient (Wildman–Crippen LogP) is 1.43. The van der Waals surface area contributed by atoms with Crippen LogP contribution in [0, 0.1) is 5.92 Å². The number of carbonyl (C=O) groups is 2. The Balaban J connectivity index is 2.84. The number of rotatable bonds is 8. The summed E-state index contributed by atoms with van der Waals surface area (Å²) in [5, 5.41) is 19.0. The van der Waals surface area contributed by atoms with Crippen LogP contribution in [0.1, 0.15) is 25.8 Å². The second kappa shape index (κ2) is 9.09. The van der Waals surface area contributed by atoms with E-state index in [0.717, 1.165) is 11.3 Å². The number of amides is 2. The number of aromatic nitrogens is 1. The molecule has 0 saturated heterocycles. The van der Waals surface area contributed by atoms with Gasteiger partial charge in [-0.05, 0) is 30.0 Å². The summed E-state index contributed by atoms with van der Waals surface area (Å²) >= 11 is 0. The minimum atomic E-state index is -1.24. The van der Waals surface area contributed by atoms with E-state index in [2.05, 4.69) is 18.8 Å². The molecule has 23 heavy (non-hydrogen) atoms. The first-order valence-electron chi connectivity index (χ1n) is 7.61. The van der Waals surface area contributed by atoms with Crippen LogP contribution in [0.5, 0.6) is 0 Å². The van der Waals surface area contributed by atoms with Gasteiger partial charge < -0.3 is 15.1 Å². The van der Waals surface area contributed by atoms with Crippen molar-refractivity contribution in [3.63, 3.8) is 0 Å². The van der Waals surface area contributed by atoms with E-state index in [1.165, 1.54) is 4.90 Å². The molecule has 0 aromatic carbocycles. The van der Waals surface area contributed by atoms with Crippen molar-refractivity contribution >= 4 is 12.0 Å².